The maximum absolute atomic E-state index is 11.8. The zero-order valence-corrected chi connectivity index (χ0v) is 13.0. The van der Waals surface area contributed by atoms with Crippen LogP contribution in [0.2, 0.25) is 0 Å². The van der Waals surface area contributed by atoms with Crippen LogP contribution in [0, 0.1) is 0 Å². The summed E-state index contributed by atoms with van der Waals surface area (Å²) >= 11 is 0. The van der Waals surface area contributed by atoms with Gasteiger partial charge in [0.1, 0.15) is 11.3 Å². The standard InChI is InChI=1S/C19H19NO3/c1-2-20(12-14-6-4-3-5-7-14)13-15-10-19(22)23-18-11-16(21)8-9-17(15)18/h3-11,21H,2,12-13H2,1H3. The molecule has 0 aliphatic carbocycles. The lowest BCUT2D eigenvalue weighted by atomic mass is 10.1. The molecule has 0 unspecified atom stereocenters. The van der Waals surface area contributed by atoms with E-state index in [1.807, 2.05) is 18.2 Å². The van der Waals surface area contributed by atoms with Crippen LogP contribution in [0.1, 0.15) is 18.1 Å². The molecule has 3 aromatic rings. The highest BCUT2D eigenvalue weighted by atomic mass is 16.4. The van der Waals surface area contributed by atoms with E-state index in [-0.39, 0.29) is 5.75 Å². The highest BCUT2D eigenvalue weighted by molar-refractivity contribution is 5.81. The van der Waals surface area contributed by atoms with Crippen molar-refractivity contribution in [3.8, 4) is 5.75 Å². The molecule has 1 N–H and O–H groups in total. The molecule has 0 aliphatic rings. The van der Waals surface area contributed by atoms with Gasteiger partial charge in [-0.05, 0) is 29.8 Å². The Bertz CT molecular complexity index is 855. The van der Waals surface area contributed by atoms with Crippen molar-refractivity contribution >= 4 is 11.0 Å². The van der Waals surface area contributed by atoms with E-state index < -0.39 is 5.63 Å². The molecule has 0 fully saturated rings. The molecule has 1 heterocycles. The van der Waals surface area contributed by atoms with Crippen LogP contribution < -0.4 is 5.63 Å². The second-order valence-electron chi connectivity index (χ2n) is 5.56. The first kappa shape index (κ1) is 15.3. The van der Waals surface area contributed by atoms with Crippen molar-refractivity contribution in [3.05, 3.63) is 76.1 Å². The van der Waals surface area contributed by atoms with Gasteiger partial charge in [-0.25, -0.2) is 4.79 Å². The molecular formula is C19H19NO3. The summed E-state index contributed by atoms with van der Waals surface area (Å²) in [4.78, 5) is 14.0. The van der Waals surface area contributed by atoms with Gasteiger partial charge in [-0.15, -0.1) is 0 Å². The minimum absolute atomic E-state index is 0.0921. The maximum atomic E-state index is 11.8. The van der Waals surface area contributed by atoms with E-state index in [9.17, 15) is 9.90 Å². The SMILES string of the molecule is CCN(Cc1ccccc1)Cc1cc(=O)oc2cc(O)ccc12. The van der Waals surface area contributed by atoms with E-state index in [1.54, 1.807) is 12.1 Å². The third kappa shape index (κ3) is 3.60. The summed E-state index contributed by atoms with van der Waals surface area (Å²) in [6.07, 6.45) is 0. The molecule has 118 valence electrons. The first-order valence-corrected chi connectivity index (χ1v) is 7.67. The summed E-state index contributed by atoms with van der Waals surface area (Å²) < 4.78 is 5.18. The van der Waals surface area contributed by atoms with E-state index in [4.69, 9.17) is 4.42 Å². The van der Waals surface area contributed by atoms with Gasteiger partial charge in [0.05, 0.1) is 0 Å². The van der Waals surface area contributed by atoms with Crippen molar-refractivity contribution in [2.24, 2.45) is 0 Å². The second-order valence-corrected chi connectivity index (χ2v) is 5.56. The maximum Gasteiger partial charge on any atom is 0.336 e. The number of nitrogens with zero attached hydrogens (tertiary/aromatic N) is 1. The average molecular weight is 309 g/mol. The molecule has 0 radical (unpaired) electrons. The minimum Gasteiger partial charge on any atom is -0.508 e. The van der Waals surface area contributed by atoms with Gasteiger partial charge in [0.15, 0.2) is 0 Å². The molecule has 0 saturated heterocycles. The Labute approximate surface area is 134 Å². The van der Waals surface area contributed by atoms with Crippen molar-refractivity contribution in [3.63, 3.8) is 0 Å². The Kier molecular flexibility index (Phi) is 4.44. The zero-order chi connectivity index (χ0) is 16.2. The predicted molar refractivity (Wildman–Crippen MR) is 90.4 cm³/mol. The van der Waals surface area contributed by atoms with Crippen molar-refractivity contribution in [1.29, 1.82) is 0 Å². The van der Waals surface area contributed by atoms with Gasteiger partial charge in [-0.3, -0.25) is 4.90 Å². The molecule has 4 heteroatoms. The number of hydrogen-bond donors (Lipinski definition) is 1. The van der Waals surface area contributed by atoms with Crippen molar-refractivity contribution in [2.45, 2.75) is 20.0 Å². The molecule has 0 aliphatic heterocycles. The molecule has 0 spiro atoms. The molecule has 23 heavy (non-hydrogen) atoms. The van der Waals surface area contributed by atoms with Gasteiger partial charge in [0, 0.05) is 30.6 Å². The second kappa shape index (κ2) is 6.67. The topological polar surface area (TPSA) is 53.7 Å². The lowest BCUT2D eigenvalue weighted by molar-refractivity contribution is 0.272. The first-order valence-electron chi connectivity index (χ1n) is 7.67. The smallest absolute Gasteiger partial charge is 0.336 e. The van der Waals surface area contributed by atoms with Crippen LogP contribution in [0.4, 0.5) is 0 Å². The largest absolute Gasteiger partial charge is 0.508 e. The number of aromatic hydroxyl groups is 1. The third-order valence-corrected chi connectivity index (χ3v) is 3.90. The number of benzene rings is 2. The number of phenolic OH excluding ortho intramolecular Hbond substituents is 1. The highest BCUT2D eigenvalue weighted by Gasteiger charge is 2.11. The van der Waals surface area contributed by atoms with Crippen molar-refractivity contribution in [2.75, 3.05) is 6.54 Å². The summed E-state index contributed by atoms with van der Waals surface area (Å²) in [6, 6.07) is 16.7. The number of fused-ring (bicyclic) bond motifs is 1. The Morgan fingerprint density at radius 1 is 1.04 bits per heavy atom. The monoisotopic (exact) mass is 309 g/mol. The molecule has 1 aromatic heterocycles. The Balaban J connectivity index is 1.91. The molecule has 0 saturated carbocycles. The van der Waals surface area contributed by atoms with E-state index in [1.165, 1.54) is 17.7 Å². The summed E-state index contributed by atoms with van der Waals surface area (Å²) in [5.41, 5.74) is 2.17. The molecule has 0 bridgehead atoms. The summed E-state index contributed by atoms with van der Waals surface area (Å²) in [5, 5.41) is 10.4. The van der Waals surface area contributed by atoms with Crippen LogP contribution in [0.15, 0.2) is 63.8 Å². The number of phenols is 1. The number of rotatable bonds is 5. The van der Waals surface area contributed by atoms with E-state index in [2.05, 4.69) is 24.0 Å². The van der Waals surface area contributed by atoms with Crippen molar-refractivity contribution < 1.29 is 9.52 Å². The highest BCUT2D eigenvalue weighted by Crippen LogP contribution is 2.23. The average Bonchev–Trinajstić information content (AvgIpc) is 2.54. The van der Waals surface area contributed by atoms with E-state index >= 15 is 0 Å². The Morgan fingerprint density at radius 2 is 1.83 bits per heavy atom. The summed E-state index contributed by atoms with van der Waals surface area (Å²) in [6.45, 7) is 4.44. The van der Waals surface area contributed by atoms with Gasteiger partial charge >= 0.3 is 5.63 Å². The summed E-state index contributed by atoms with van der Waals surface area (Å²) in [7, 11) is 0. The van der Waals surface area contributed by atoms with Crippen LogP contribution in [0.5, 0.6) is 5.75 Å². The number of hydrogen-bond acceptors (Lipinski definition) is 4. The normalized spacial score (nSPS) is 11.2. The van der Waals surface area contributed by atoms with Gasteiger partial charge < -0.3 is 9.52 Å². The van der Waals surface area contributed by atoms with Gasteiger partial charge in [0.25, 0.3) is 0 Å². The Morgan fingerprint density at radius 3 is 2.57 bits per heavy atom. The molecule has 0 atom stereocenters. The molecule has 4 nitrogen and oxygen atoms in total. The minimum atomic E-state index is -0.395. The fourth-order valence-electron chi connectivity index (χ4n) is 2.71. The molecular weight excluding hydrogens is 290 g/mol. The zero-order valence-electron chi connectivity index (χ0n) is 13.0. The van der Waals surface area contributed by atoms with Crippen LogP contribution in [-0.4, -0.2) is 16.6 Å². The molecule has 3 rings (SSSR count). The fourth-order valence-corrected chi connectivity index (χ4v) is 2.71. The lowest BCUT2D eigenvalue weighted by Gasteiger charge is -2.21. The fraction of sp³-hybridized carbons (Fsp3) is 0.211. The van der Waals surface area contributed by atoms with E-state index in [0.717, 1.165) is 24.0 Å². The molecule has 0 amide bonds. The van der Waals surface area contributed by atoms with Crippen LogP contribution in [0.25, 0.3) is 11.0 Å². The molecule has 2 aromatic carbocycles. The quantitative estimate of drug-likeness (QED) is 0.733. The Hall–Kier alpha value is -2.59. The van der Waals surface area contributed by atoms with Gasteiger partial charge in [-0.2, -0.15) is 0 Å². The first-order chi connectivity index (χ1) is 11.2. The van der Waals surface area contributed by atoms with E-state index in [0.29, 0.717) is 12.1 Å². The van der Waals surface area contributed by atoms with Crippen molar-refractivity contribution in [1.82, 2.24) is 4.90 Å². The third-order valence-electron chi connectivity index (χ3n) is 3.90. The summed E-state index contributed by atoms with van der Waals surface area (Å²) in [5.74, 6) is 0.0921. The van der Waals surface area contributed by atoms with Crippen LogP contribution in [0.3, 0.4) is 0 Å². The van der Waals surface area contributed by atoms with Crippen LogP contribution in [-0.2, 0) is 13.1 Å². The van der Waals surface area contributed by atoms with Gasteiger partial charge in [0.2, 0.25) is 0 Å². The van der Waals surface area contributed by atoms with Gasteiger partial charge in [-0.1, -0.05) is 37.3 Å². The predicted octanol–water partition coefficient (Wildman–Crippen LogP) is 3.52. The van der Waals surface area contributed by atoms with Crippen LogP contribution >= 0.6 is 0 Å². The lowest BCUT2D eigenvalue weighted by Crippen LogP contribution is -2.23.